The van der Waals surface area contributed by atoms with E-state index < -0.39 is 22.0 Å². The molecule has 46 heavy (non-hydrogen) atoms. The van der Waals surface area contributed by atoms with E-state index in [0.29, 0.717) is 41.5 Å². The highest BCUT2D eigenvalue weighted by Gasteiger charge is 2.28. The van der Waals surface area contributed by atoms with Crippen molar-refractivity contribution < 1.29 is 27.5 Å². The molecule has 4 rings (SSSR count). The molecule has 0 saturated heterocycles. The second-order valence-electron chi connectivity index (χ2n) is 11.8. The van der Waals surface area contributed by atoms with Crippen LogP contribution in [0.3, 0.4) is 0 Å². The van der Waals surface area contributed by atoms with Crippen LogP contribution in [0.25, 0.3) is 11.1 Å². The molecule has 3 aromatic carbocycles. The molecule has 1 fully saturated rings. The van der Waals surface area contributed by atoms with Crippen LogP contribution in [0, 0.1) is 12.8 Å². The van der Waals surface area contributed by atoms with E-state index in [2.05, 4.69) is 5.32 Å². The molecule has 1 unspecified atom stereocenters. The van der Waals surface area contributed by atoms with Gasteiger partial charge in [-0.1, -0.05) is 62.4 Å². The number of nitrogens with one attached hydrogen (secondary N) is 1. The van der Waals surface area contributed by atoms with Crippen LogP contribution < -0.4 is 10.1 Å². The third kappa shape index (κ3) is 9.14. The van der Waals surface area contributed by atoms with Crippen LogP contribution in [0.4, 0.5) is 0 Å². The maximum Gasteiger partial charge on any atom is 0.328 e. The molecular formula is C36H46N2O6S2. The summed E-state index contributed by atoms with van der Waals surface area (Å²) in [4.78, 5) is 26.4. The first-order chi connectivity index (χ1) is 22.2. The fraction of sp³-hybridized carbons (Fsp3) is 0.444. The van der Waals surface area contributed by atoms with Crippen molar-refractivity contribution >= 4 is 33.7 Å². The highest BCUT2D eigenvalue weighted by atomic mass is 32.2. The molecule has 8 nitrogen and oxygen atoms in total. The van der Waals surface area contributed by atoms with Gasteiger partial charge in [-0.15, -0.1) is 0 Å². The molecule has 3 aromatic rings. The highest BCUT2D eigenvalue weighted by molar-refractivity contribution is 7.98. The number of nitrogens with zero attached hydrogens (tertiary/aromatic N) is 1. The topological polar surface area (TPSA) is 102 Å². The molecule has 1 aliphatic rings. The molecule has 0 aromatic heterocycles. The molecule has 1 atom stereocenters. The Morgan fingerprint density at radius 2 is 1.70 bits per heavy atom. The first-order valence-electron chi connectivity index (χ1n) is 15.9. The van der Waals surface area contributed by atoms with Crippen molar-refractivity contribution in [2.45, 2.75) is 69.4 Å². The second-order valence-corrected chi connectivity index (χ2v) is 14.8. The standard InChI is InChI=1S/C36H46N2O6S2/c1-26-10-8-9-13-31(26)33-24-28(14-19-32(33)35(39)37-34(21-23-45-4)36(40)44-3)25-38(22-20-27-11-6-5-7-12-27)46(41,42)30-17-15-29(43-2)16-18-30/h8-10,13-19,24,27,34H,5-7,11-12,20-23,25H2,1-4H3,(H,37,39). The van der Waals surface area contributed by atoms with Gasteiger partial charge in [0.1, 0.15) is 11.8 Å². The molecule has 1 N–H and O–H groups in total. The monoisotopic (exact) mass is 666 g/mol. The number of ether oxygens (including phenoxy) is 2. The van der Waals surface area contributed by atoms with Gasteiger partial charge in [-0.3, -0.25) is 4.79 Å². The van der Waals surface area contributed by atoms with Crippen molar-refractivity contribution in [1.82, 2.24) is 9.62 Å². The molecule has 0 radical (unpaired) electrons. The Balaban J connectivity index is 1.70. The molecule has 0 spiro atoms. The van der Waals surface area contributed by atoms with Gasteiger partial charge in [0.05, 0.1) is 19.1 Å². The van der Waals surface area contributed by atoms with E-state index in [0.717, 1.165) is 36.0 Å². The minimum atomic E-state index is -3.83. The second kappa shape index (κ2) is 17.0. The van der Waals surface area contributed by atoms with E-state index in [1.165, 1.54) is 26.4 Å². The molecule has 248 valence electrons. The van der Waals surface area contributed by atoms with E-state index in [9.17, 15) is 18.0 Å². The number of carbonyl (C=O) groups is 2. The minimum absolute atomic E-state index is 0.153. The number of sulfonamides is 1. The summed E-state index contributed by atoms with van der Waals surface area (Å²) in [5.41, 5.74) is 3.68. The fourth-order valence-corrected chi connectivity index (χ4v) is 7.95. The maximum atomic E-state index is 14.1. The number of benzene rings is 3. The SMILES string of the molecule is COC(=O)C(CCSC)NC(=O)c1ccc(CN(CCC2CCCCC2)S(=O)(=O)c2ccc(OC)cc2)cc1-c1ccccc1C. The van der Waals surface area contributed by atoms with Gasteiger partial charge in [0.15, 0.2) is 0 Å². The lowest BCUT2D eigenvalue weighted by Gasteiger charge is -2.27. The third-order valence-electron chi connectivity index (χ3n) is 8.73. The van der Waals surface area contributed by atoms with Crippen molar-refractivity contribution in [3.63, 3.8) is 0 Å². The summed E-state index contributed by atoms with van der Waals surface area (Å²) in [7, 11) is -0.964. The fourth-order valence-electron chi connectivity index (χ4n) is 6.04. The smallest absolute Gasteiger partial charge is 0.328 e. The summed E-state index contributed by atoms with van der Waals surface area (Å²) in [6.07, 6.45) is 9.05. The first-order valence-corrected chi connectivity index (χ1v) is 18.7. The molecular weight excluding hydrogens is 621 g/mol. The molecule has 1 saturated carbocycles. The number of amides is 1. The van der Waals surface area contributed by atoms with Gasteiger partial charge in [0.2, 0.25) is 10.0 Å². The largest absolute Gasteiger partial charge is 0.497 e. The Kier molecular flexibility index (Phi) is 13.1. The van der Waals surface area contributed by atoms with E-state index in [4.69, 9.17) is 9.47 Å². The molecule has 0 bridgehead atoms. The van der Waals surface area contributed by atoms with Crippen LogP contribution in [0.5, 0.6) is 5.75 Å². The average molecular weight is 667 g/mol. The molecule has 1 amide bonds. The summed E-state index contributed by atoms with van der Waals surface area (Å²) >= 11 is 1.59. The van der Waals surface area contributed by atoms with E-state index >= 15 is 0 Å². The predicted molar refractivity (Wildman–Crippen MR) is 185 cm³/mol. The van der Waals surface area contributed by atoms with Crippen molar-refractivity contribution in [3.8, 4) is 16.9 Å². The number of hydrogen-bond donors (Lipinski definition) is 1. The van der Waals surface area contributed by atoms with Crippen molar-refractivity contribution in [2.24, 2.45) is 5.92 Å². The average Bonchev–Trinajstić information content (AvgIpc) is 3.08. The third-order valence-corrected chi connectivity index (χ3v) is 11.2. The molecule has 0 heterocycles. The lowest BCUT2D eigenvalue weighted by atomic mass is 9.87. The first kappa shape index (κ1) is 35.5. The molecule has 0 aliphatic heterocycles. The Morgan fingerprint density at radius 3 is 2.35 bits per heavy atom. The van der Waals surface area contributed by atoms with Gasteiger partial charge in [-0.2, -0.15) is 16.1 Å². The van der Waals surface area contributed by atoms with Gasteiger partial charge in [0, 0.05) is 18.7 Å². The van der Waals surface area contributed by atoms with Crippen molar-refractivity contribution in [1.29, 1.82) is 0 Å². The number of thioether (sulfide) groups is 1. The van der Waals surface area contributed by atoms with Gasteiger partial charge in [-0.25, -0.2) is 13.2 Å². The molecule has 10 heteroatoms. The van der Waals surface area contributed by atoms with Gasteiger partial charge in [0.25, 0.3) is 5.91 Å². The number of carbonyl (C=O) groups excluding carboxylic acids is 2. The lowest BCUT2D eigenvalue weighted by Crippen LogP contribution is -2.42. The van der Waals surface area contributed by atoms with Crippen LogP contribution in [0.15, 0.2) is 71.6 Å². The summed E-state index contributed by atoms with van der Waals surface area (Å²) in [6, 6.07) is 18.9. The minimum Gasteiger partial charge on any atom is -0.497 e. The number of hydrogen-bond acceptors (Lipinski definition) is 7. The Morgan fingerprint density at radius 1 is 0.978 bits per heavy atom. The van der Waals surface area contributed by atoms with Gasteiger partial charge >= 0.3 is 5.97 Å². The summed E-state index contributed by atoms with van der Waals surface area (Å²) in [6.45, 7) is 2.53. The van der Waals surface area contributed by atoms with E-state index in [-0.39, 0.29) is 17.3 Å². The highest BCUT2D eigenvalue weighted by Crippen LogP contribution is 2.31. The zero-order valence-corrected chi connectivity index (χ0v) is 28.9. The number of esters is 1. The van der Waals surface area contributed by atoms with E-state index in [1.54, 1.807) is 53.5 Å². The van der Waals surface area contributed by atoms with Crippen molar-refractivity contribution in [3.05, 3.63) is 83.4 Å². The summed E-state index contributed by atoms with van der Waals surface area (Å²) in [5.74, 6) is 0.899. The van der Waals surface area contributed by atoms with Crippen molar-refractivity contribution in [2.75, 3.05) is 32.8 Å². The quantitative estimate of drug-likeness (QED) is 0.177. The van der Waals surface area contributed by atoms with Gasteiger partial charge < -0.3 is 14.8 Å². The van der Waals surface area contributed by atoms with Crippen LogP contribution in [-0.2, 0) is 26.1 Å². The zero-order chi connectivity index (χ0) is 33.1. The summed E-state index contributed by atoms with van der Waals surface area (Å²) < 4.78 is 39.9. The lowest BCUT2D eigenvalue weighted by molar-refractivity contribution is -0.142. The number of rotatable bonds is 15. The van der Waals surface area contributed by atoms with Crippen LogP contribution in [-0.4, -0.2) is 63.4 Å². The Labute approximate surface area is 278 Å². The van der Waals surface area contributed by atoms with Gasteiger partial charge in [-0.05, 0) is 96.3 Å². The zero-order valence-electron chi connectivity index (χ0n) is 27.3. The van der Waals surface area contributed by atoms with Crippen LogP contribution in [0.1, 0.15) is 66.4 Å². The van der Waals surface area contributed by atoms with E-state index in [1.807, 2.05) is 49.6 Å². The Hall–Kier alpha value is -3.34. The number of aryl methyl sites for hydroxylation is 1. The summed E-state index contributed by atoms with van der Waals surface area (Å²) in [5, 5.41) is 2.88. The van der Waals surface area contributed by atoms with Crippen LogP contribution in [0.2, 0.25) is 0 Å². The molecule has 1 aliphatic carbocycles. The Bertz CT molecular complexity index is 1570. The normalized spacial score (nSPS) is 14.5. The van der Waals surface area contributed by atoms with Crippen LogP contribution >= 0.6 is 11.8 Å². The maximum absolute atomic E-state index is 14.1. The number of methoxy groups -OCH3 is 2. The predicted octanol–water partition coefficient (Wildman–Crippen LogP) is 6.86.